The predicted octanol–water partition coefficient (Wildman–Crippen LogP) is 3.28. The molecule has 0 saturated heterocycles. The number of carbonyl (C=O) groups is 3. The average Bonchev–Trinajstić information content (AvgIpc) is 2.62. The van der Waals surface area contributed by atoms with E-state index in [9.17, 15) is 14.4 Å². The summed E-state index contributed by atoms with van der Waals surface area (Å²) in [6.07, 6.45) is -0.113. The summed E-state index contributed by atoms with van der Waals surface area (Å²) in [5.41, 5.74) is 1.53. The van der Waals surface area contributed by atoms with Crippen LogP contribution >= 0.6 is 11.6 Å². The average molecular weight is 376 g/mol. The fourth-order valence-corrected chi connectivity index (χ4v) is 2.34. The lowest BCUT2D eigenvalue weighted by Crippen LogP contribution is -2.21. The molecule has 0 heterocycles. The second-order valence-corrected chi connectivity index (χ2v) is 5.91. The van der Waals surface area contributed by atoms with Gasteiger partial charge >= 0.3 is 5.97 Å². The highest BCUT2D eigenvalue weighted by atomic mass is 35.5. The molecule has 1 amide bonds. The minimum atomic E-state index is -0.602. The van der Waals surface area contributed by atoms with Crippen LogP contribution < -0.4 is 10.1 Å². The molecule has 6 nitrogen and oxygen atoms in total. The number of carbonyl (C=O) groups excluding carboxylic acids is 3. The van der Waals surface area contributed by atoms with Crippen molar-refractivity contribution in [3.63, 3.8) is 0 Å². The first-order chi connectivity index (χ1) is 12.4. The third-order valence-electron chi connectivity index (χ3n) is 3.51. The number of benzene rings is 2. The van der Waals surface area contributed by atoms with Crippen molar-refractivity contribution >= 4 is 34.9 Å². The van der Waals surface area contributed by atoms with Gasteiger partial charge in [0.25, 0.3) is 5.91 Å². The largest absolute Gasteiger partial charge is 0.496 e. The molecule has 0 fully saturated rings. The molecule has 0 atom stereocenters. The van der Waals surface area contributed by atoms with E-state index in [1.807, 2.05) is 0 Å². The summed E-state index contributed by atoms with van der Waals surface area (Å²) >= 11 is 5.77. The fourth-order valence-electron chi connectivity index (χ4n) is 2.22. The number of hydrogen-bond donors (Lipinski definition) is 1. The van der Waals surface area contributed by atoms with Crippen LogP contribution in [0, 0.1) is 0 Å². The first-order valence-electron chi connectivity index (χ1n) is 7.78. The van der Waals surface area contributed by atoms with Crippen LogP contribution in [0.3, 0.4) is 0 Å². The van der Waals surface area contributed by atoms with Crippen molar-refractivity contribution in [2.24, 2.45) is 0 Å². The van der Waals surface area contributed by atoms with Gasteiger partial charge in [0.1, 0.15) is 5.75 Å². The highest BCUT2D eigenvalue weighted by Crippen LogP contribution is 2.21. The van der Waals surface area contributed by atoms with Gasteiger partial charge in [0.15, 0.2) is 12.4 Å². The van der Waals surface area contributed by atoms with Crippen molar-refractivity contribution in [3.8, 4) is 5.75 Å². The first-order valence-corrected chi connectivity index (χ1v) is 8.15. The number of Topliss-reactive ketones (excluding diaryl/α,β-unsaturated/α-hetero) is 1. The van der Waals surface area contributed by atoms with Crippen molar-refractivity contribution < 1.29 is 23.9 Å². The number of esters is 1. The lowest BCUT2D eigenvalue weighted by Gasteiger charge is -2.10. The van der Waals surface area contributed by atoms with Gasteiger partial charge in [-0.15, -0.1) is 0 Å². The number of rotatable bonds is 7. The molecule has 0 spiro atoms. The first kappa shape index (κ1) is 19.5. The van der Waals surface area contributed by atoms with Crippen LogP contribution in [0.25, 0.3) is 0 Å². The number of methoxy groups -OCH3 is 1. The Labute approximate surface area is 156 Å². The highest BCUT2D eigenvalue weighted by Gasteiger charge is 2.14. The van der Waals surface area contributed by atoms with Gasteiger partial charge in [-0.05, 0) is 49.4 Å². The Hall–Kier alpha value is -2.86. The standard InChI is InChI=1S/C19H18ClNO5/c1-12(22)13-3-8-17(25-2)14(9-13)10-19(24)26-11-18(23)21-16-6-4-15(20)5-7-16/h3-9H,10-11H2,1-2H3,(H,21,23). The highest BCUT2D eigenvalue weighted by molar-refractivity contribution is 6.30. The lowest BCUT2D eigenvalue weighted by atomic mass is 10.0. The number of hydrogen-bond acceptors (Lipinski definition) is 5. The molecule has 0 radical (unpaired) electrons. The minimum absolute atomic E-state index is 0.113. The maximum atomic E-state index is 12.0. The van der Waals surface area contributed by atoms with Gasteiger partial charge in [0.2, 0.25) is 0 Å². The van der Waals surface area contributed by atoms with Gasteiger partial charge in [-0.3, -0.25) is 14.4 Å². The summed E-state index contributed by atoms with van der Waals surface area (Å²) in [6, 6.07) is 11.4. The van der Waals surface area contributed by atoms with E-state index in [-0.39, 0.29) is 12.2 Å². The maximum Gasteiger partial charge on any atom is 0.310 e. The molecule has 2 aromatic carbocycles. The molecule has 0 aliphatic rings. The van der Waals surface area contributed by atoms with Crippen molar-refractivity contribution in [3.05, 3.63) is 58.6 Å². The Morgan fingerprint density at radius 1 is 1.08 bits per heavy atom. The number of amides is 1. The van der Waals surface area contributed by atoms with E-state index >= 15 is 0 Å². The summed E-state index contributed by atoms with van der Waals surface area (Å²) in [6.45, 7) is 1.02. The number of ketones is 1. The van der Waals surface area contributed by atoms with Crippen LogP contribution in [0.2, 0.25) is 5.02 Å². The van der Waals surface area contributed by atoms with Crippen LogP contribution in [0.15, 0.2) is 42.5 Å². The molecule has 0 aliphatic heterocycles. The van der Waals surface area contributed by atoms with Crippen LogP contribution in [0.4, 0.5) is 5.69 Å². The Kier molecular flexibility index (Phi) is 6.74. The van der Waals surface area contributed by atoms with Crippen molar-refractivity contribution in [1.29, 1.82) is 0 Å². The van der Waals surface area contributed by atoms with E-state index in [1.54, 1.807) is 42.5 Å². The molecule has 0 unspecified atom stereocenters. The summed E-state index contributed by atoms with van der Waals surface area (Å²) in [4.78, 5) is 35.3. The Morgan fingerprint density at radius 3 is 2.38 bits per heavy atom. The predicted molar refractivity (Wildman–Crippen MR) is 97.7 cm³/mol. The summed E-state index contributed by atoms with van der Waals surface area (Å²) in [5, 5.41) is 3.14. The number of nitrogens with one attached hydrogen (secondary N) is 1. The molecular weight excluding hydrogens is 358 g/mol. The molecule has 7 heteroatoms. The summed E-state index contributed by atoms with van der Waals surface area (Å²) in [5.74, 6) is -0.720. The lowest BCUT2D eigenvalue weighted by molar-refractivity contribution is -0.146. The van der Waals surface area contributed by atoms with Gasteiger partial charge in [-0.25, -0.2) is 0 Å². The third kappa shape index (κ3) is 5.60. The van der Waals surface area contributed by atoms with Gasteiger partial charge in [-0.2, -0.15) is 0 Å². The van der Waals surface area contributed by atoms with E-state index in [0.29, 0.717) is 27.6 Å². The zero-order valence-electron chi connectivity index (χ0n) is 14.4. The zero-order valence-corrected chi connectivity index (χ0v) is 15.1. The van der Waals surface area contributed by atoms with E-state index in [4.69, 9.17) is 21.1 Å². The molecule has 26 heavy (non-hydrogen) atoms. The Balaban J connectivity index is 1.92. The number of anilines is 1. The molecule has 2 aromatic rings. The number of ether oxygens (including phenoxy) is 2. The molecule has 0 aliphatic carbocycles. The second-order valence-electron chi connectivity index (χ2n) is 5.48. The molecule has 0 bridgehead atoms. The van der Waals surface area contributed by atoms with E-state index < -0.39 is 18.5 Å². The summed E-state index contributed by atoms with van der Waals surface area (Å²) < 4.78 is 10.2. The summed E-state index contributed by atoms with van der Waals surface area (Å²) in [7, 11) is 1.47. The van der Waals surface area contributed by atoms with Gasteiger partial charge in [0, 0.05) is 21.8 Å². The van der Waals surface area contributed by atoms with Crippen molar-refractivity contribution in [1.82, 2.24) is 0 Å². The van der Waals surface area contributed by atoms with E-state index in [1.165, 1.54) is 14.0 Å². The number of halogens is 1. The molecule has 0 saturated carbocycles. The van der Waals surface area contributed by atoms with Crippen molar-refractivity contribution in [2.75, 3.05) is 19.0 Å². The molecule has 2 rings (SSSR count). The molecule has 1 N–H and O–H groups in total. The monoisotopic (exact) mass is 375 g/mol. The minimum Gasteiger partial charge on any atom is -0.496 e. The zero-order chi connectivity index (χ0) is 19.1. The third-order valence-corrected chi connectivity index (χ3v) is 3.77. The van der Waals surface area contributed by atoms with Gasteiger partial charge in [0.05, 0.1) is 13.5 Å². The van der Waals surface area contributed by atoms with Crippen LogP contribution in [0.5, 0.6) is 5.75 Å². The van der Waals surface area contributed by atoms with Gasteiger partial charge < -0.3 is 14.8 Å². The second kappa shape index (κ2) is 9.01. The SMILES string of the molecule is COc1ccc(C(C)=O)cc1CC(=O)OCC(=O)Nc1ccc(Cl)cc1. The quantitative estimate of drug-likeness (QED) is 0.593. The van der Waals surface area contributed by atoms with Crippen LogP contribution in [0.1, 0.15) is 22.8 Å². The van der Waals surface area contributed by atoms with Crippen LogP contribution in [-0.2, 0) is 20.7 Å². The smallest absolute Gasteiger partial charge is 0.310 e. The Morgan fingerprint density at radius 2 is 1.77 bits per heavy atom. The normalized spacial score (nSPS) is 10.1. The topological polar surface area (TPSA) is 81.7 Å². The van der Waals surface area contributed by atoms with Crippen LogP contribution in [-0.4, -0.2) is 31.4 Å². The van der Waals surface area contributed by atoms with E-state index in [0.717, 1.165) is 0 Å². The van der Waals surface area contributed by atoms with Gasteiger partial charge in [-0.1, -0.05) is 11.6 Å². The maximum absolute atomic E-state index is 12.0. The molecule has 0 aromatic heterocycles. The van der Waals surface area contributed by atoms with Crippen molar-refractivity contribution in [2.45, 2.75) is 13.3 Å². The fraction of sp³-hybridized carbons (Fsp3) is 0.211. The molecule has 136 valence electrons. The molecular formula is C19H18ClNO5. The van der Waals surface area contributed by atoms with E-state index in [2.05, 4.69) is 5.32 Å². The Bertz CT molecular complexity index is 817.